The van der Waals surface area contributed by atoms with Gasteiger partial charge in [0.25, 0.3) is 10.5 Å². The number of hydrogen-bond acceptors (Lipinski definition) is 3. The molecule has 32 heavy (non-hydrogen) atoms. The van der Waals surface area contributed by atoms with Gasteiger partial charge >= 0.3 is 0 Å². The van der Waals surface area contributed by atoms with Gasteiger partial charge in [0.1, 0.15) is 6.04 Å². The van der Waals surface area contributed by atoms with Crippen LogP contribution in [0.1, 0.15) is 22.7 Å². The summed E-state index contributed by atoms with van der Waals surface area (Å²) >= 11 is 8.77. The summed E-state index contributed by atoms with van der Waals surface area (Å²) in [7, 11) is -4.15. The highest BCUT2D eigenvalue weighted by Crippen LogP contribution is 2.37. The molecule has 0 aromatic heterocycles. The van der Waals surface area contributed by atoms with Crippen LogP contribution in [0.15, 0.2) is 83.8 Å². The fourth-order valence-corrected chi connectivity index (χ4v) is 5.01. The molecule has 0 saturated carbocycles. The van der Waals surface area contributed by atoms with E-state index < -0.39 is 26.6 Å². The van der Waals surface area contributed by atoms with Gasteiger partial charge in [0.2, 0.25) is 10.0 Å². The number of alkyl halides is 2. The normalized spacial score (nSPS) is 14.4. The molecular formula is C23H21BrClFN2O3S. The van der Waals surface area contributed by atoms with E-state index in [9.17, 15) is 13.2 Å². The molecule has 0 heterocycles. The maximum atomic E-state index is 15.9. The fourth-order valence-electron chi connectivity index (χ4n) is 2.97. The van der Waals surface area contributed by atoms with Gasteiger partial charge < -0.3 is 5.32 Å². The number of rotatable bonds is 8. The van der Waals surface area contributed by atoms with Crippen LogP contribution >= 0.6 is 27.5 Å². The quantitative estimate of drug-likeness (QED) is 0.394. The molecule has 2 N–H and O–H groups in total. The van der Waals surface area contributed by atoms with Crippen LogP contribution in [-0.2, 0) is 21.4 Å². The zero-order valence-electron chi connectivity index (χ0n) is 17.1. The molecule has 0 saturated heterocycles. The molecule has 0 aliphatic rings. The molecule has 0 aliphatic heterocycles. The van der Waals surface area contributed by atoms with Gasteiger partial charge in [0.15, 0.2) is 0 Å². The second-order valence-corrected chi connectivity index (χ2v) is 10.5. The summed E-state index contributed by atoms with van der Waals surface area (Å²) in [5.41, 5.74) is 1.87. The Hall–Kier alpha value is -2.26. The molecule has 5 nitrogen and oxygen atoms in total. The van der Waals surface area contributed by atoms with E-state index in [2.05, 4.69) is 26.0 Å². The van der Waals surface area contributed by atoms with Crippen LogP contribution in [0.3, 0.4) is 0 Å². The first-order chi connectivity index (χ1) is 15.1. The lowest BCUT2D eigenvalue weighted by Gasteiger charge is -2.29. The van der Waals surface area contributed by atoms with Crippen molar-refractivity contribution in [1.82, 2.24) is 10.0 Å². The van der Waals surface area contributed by atoms with Crippen molar-refractivity contribution >= 4 is 43.5 Å². The average molecular weight is 540 g/mol. The van der Waals surface area contributed by atoms with Crippen LogP contribution in [-0.4, -0.2) is 18.9 Å². The topological polar surface area (TPSA) is 75.3 Å². The maximum absolute atomic E-state index is 15.9. The number of sulfonamides is 1. The van der Waals surface area contributed by atoms with E-state index >= 15 is 4.39 Å². The molecule has 0 aliphatic carbocycles. The molecular weight excluding hydrogens is 519 g/mol. The first kappa shape index (κ1) is 24.4. The lowest BCUT2D eigenvalue weighted by molar-refractivity contribution is -0.128. The molecule has 0 bridgehead atoms. The van der Waals surface area contributed by atoms with Crippen LogP contribution < -0.4 is 10.0 Å². The molecule has 9 heteroatoms. The molecule has 3 aromatic carbocycles. The van der Waals surface area contributed by atoms with E-state index in [1.807, 2.05) is 13.0 Å². The van der Waals surface area contributed by atoms with Crippen molar-refractivity contribution in [3.05, 3.63) is 101 Å². The van der Waals surface area contributed by atoms with Crippen LogP contribution in [0.5, 0.6) is 0 Å². The highest BCUT2D eigenvalue weighted by Gasteiger charge is 2.47. The van der Waals surface area contributed by atoms with E-state index in [0.29, 0.717) is 5.02 Å². The van der Waals surface area contributed by atoms with Crippen molar-refractivity contribution in [2.75, 3.05) is 0 Å². The van der Waals surface area contributed by atoms with Crippen molar-refractivity contribution in [3.63, 3.8) is 0 Å². The van der Waals surface area contributed by atoms with Gasteiger partial charge in [-0.2, -0.15) is 4.72 Å². The van der Waals surface area contributed by atoms with Crippen molar-refractivity contribution in [2.45, 2.75) is 29.0 Å². The first-order valence-electron chi connectivity index (χ1n) is 9.64. The van der Waals surface area contributed by atoms with Crippen LogP contribution in [0.25, 0.3) is 0 Å². The smallest absolute Gasteiger partial charge is 0.271 e. The number of carbonyl (C=O) groups is 1. The summed E-state index contributed by atoms with van der Waals surface area (Å²) in [5, 5.41) is 2.90. The predicted molar refractivity (Wildman–Crippen MR) is 127 cm³/mol. The first-order valence-corrected chi connectivity index (χ1v) is 12.3. The number of hydrogen-bond donors (Lipinski definition) is 2. The Morgan fingerprint density at radius 1 is 1.03 bits per heavy atom. The monoisotopic (exact) mass is 538 g/mol. The van der Waals surface area contributed by atoms with E-state index in [-0.39, 0.29) is 17.0 Å². The minimum Gasteiger partial charge on any atom is -0.348 e. The molecule has 2 unspecified atom stereocenters. The zero-order chi connectivity index (χ0) is 23.4. The van der Waals surface area contributed by atoms with Gasteiger partial charge in [-0.25, -0.2) is 12.8 Å². The molecule has 3 rings (SSSR count). The molecule has 168 valence electrons. The van der Waals surface area contributed by atoms with Crippen LogP contribution in [0.4, 0.5) is 4.39 Å². The Bertz CT molecular complexity index is 1170. The van der Waals surface area contributed by atoms with Crippen LogP contribution in [0, 0.1) is 6.92 Å². The molecule has 1 amide bonds. The Morgan fingerprint density at radius 3 is 2.22 bits per heavy atom. The largest absolute Gasteiger partial charge is 0.348 e. The Kier molecular flexibility index (Phi) is 7.71. The van der Waals surface area contributed by atoms with Gasteiger partial charge in [0, 0.05) is 11.6 Å². The molecule has 2 atom stereocenters. The summed E-state index contributed by atoms with van der Waals surface area (Å²) in [6.45, 7) is 1.90. The van der Waals surface area contributed by atoms with Gasteiger partial charge in [-0.1, -0.05) is 71.8 Å². The number of amides is 1. The minimum absolute atomic E-state index is 0.0462. The lowest BCUT2D eigenvalue weighted by Crippen LogP contribution is -2.49. The van der Waals surface area contributed by atoms with Crippen molar-refractivity contribution in [1.29, 1.82) is 0 Å². The Balaban J connectivity index is 1.91. The second kappa shape index (κ2) is 10.1. The molecule has 3 aromatic rings. The summed E-state index contributed by atoms with van der Waals surface area (Å²) < 4.78 is 41.4. The number of carbonyl (C=O) groups excluding carboxylic acids is 1. The average Bonchev–Trinajstić information content (AvgIpc) is 2.77. The number of nitrogens with one attached hydrogen (secondary N) is 2. The highest BCUT2D eigenvalue weighted by molar-refractivity contribution is 9.10. The summed E-state index contributed by atoms with van der Waals surface area (Å²) in [5.74, 6) is -1.02. The van der Waals surface area contributed by atoms with E-state index in [0.717, 1.165) is 11.1 Å². The van der Waals surface area contributed by atoms with E-state index in [1.54, 1.807) is 36.4 Å². The van der Waals surface area contributed by atoms with Gasteiger partial charge in [-0.05, 0) is 58.2 Å². The Labute approximate surface area is 200 Å². The van der Waals surface area contributed by atoms with Crippen molar-refractivity contribution in [3.8, 4) is 0 Å². The Morgan fingerprint density at radius 2 is 1.62 bits per heavy atom. The molecule has 0 fully saturated rings. The summed E-state index contributed by atoms with van der Waals surface area (Å²) in [4.78, 5) is 12.7. The standard InChI is InChI=1S/C23H21BrClFN2O3S/c1-16-7-13-20(14-8-16)32(30,31)28-21(18-9-11-19(25)12-10-18)23(24,26)22(29)27-15-17-5-3-2-4-6-17/h2-14,21,28H,15H2,1H3,(H,27,29). The van der Waals surface area contributed by atoms with Crippen LogP contribution in [0.2, 0.25) is 5.02 Å². The lowest BCUT2D eigenvalue weighted by atomic mass is 10.0. The van der Waals surface area contributed by atoms with Gasteiger partial charge in [-0.3, -0.25) is 4.79 Å². The van der Waals surface area contributed by atoms with Crippen molar-refractivity contribution < 1.29 is 17.6 Å². The van der Waals surface area contributed by atoms with Gasteiger partial charge in [-0.15, -0.1) is 0 Å². The SMILES string of the molecule is Cc1ccc(S(=O)(=O)NC(c2ccc(Cl)cc2)C(F)(Br)C(=O)NCc2ccccc2)cc1. The third-order valence-electron chi connectivity index (χ3n) is 4.77. The minimum atomic E-state index is -4.15. The summed E-state index contributed by atoms with van der Waals surface area (Å²) in [6, 6.07) is 19.4. The third kappa shape index (κ3) is 5.95. The van der Waals surface area contributed by atoms with Crippen molar-refractivity contribution in [2.24, 2.45) is 0 Å². The zero-order valence-corrected chi connectivity index (χ0v) is 20.2. The number of aryl methyl sites for hydroxylation is 1. The third-order valence-corrected chi connectivity index (χ3v) is 7.28. The highest BCUT2D eigenvalue weighted by atomic mass is 79.9. The van der Waals surface area contributed by atoms with E-state index in [4.69, 9.17) is 11.6 Å². The predicted octanol–water partition coefficient (Wildman–Crippen LogP) is 5.05. The maximum Gasteiger partial charge on any atom is 0.271 e. The molecule has 0 spiro atoms. The fraction of sp³-hybridized carbons (Fsp3) is 0.174. The van der Waals surface area contributed by atoms with E-state index in [1.165, 1.54) is 36.4 Å². The number of halogens is 3. The summed E-state index contributed by atoms with van der Waals surface area (Å²) in [6.07, 6.45) is 0. The van der Waals surface area contributed by atoms with Gasteiger partial charge in [0.05, 0.1) is 4.90 Å². The number of benzene rings is 3. The molecule has 0 radical (unpaired) electrons. The second-order valence-electron chi connectivity index (χ2n) is 7.21.